The molecular formula is C30H30N6O2. The maximum Gasteiger partial charge on any atom is 0.308 e. The van der Waals surface area contributed by atoms with E-state index in [0.717, 1.165) is 42.4 Å². The molecule has 0 bridgehead atoms. The third-order valence-corrected chi connectivity index (χ3v) is 6.06. The third-order valence-electron chi connectivity index (χ3n) is 6.06. The SMILES string of the molecule is CCCCCCOC1=C(c2ccccc2)NN(c2nc(-c3ccccc3)nc(-c3ccccc3)n2)NC1=O. The van der Waals surface area contributed by atoms with Crippen molar-refractivity contribution in [2.24, 2.45) is 0 Å². The van der Waals surface area contributed by atoms with E-state index in [-0.39, 0.29) is 17.6 Å². The van der Waals surface area contributed by atoms with Crippen LogP contribution in [0.25, 0.3) is 28.5 Å². The maximum absolute atomic E-state index is 13.3. The Hall–Kier alpha value is -4.72. The number of amides is 1. The Kier molecular flexibility index (Phi) is 7.89. The van der Waals surface area contributed by atoms with Gasteiger partial charge in [-0.2, -0.15) is 15.1 Å². The van der Waals surface area contributed by atoms with Crippen molar-refractivity contribution in [2.75, 3.05) is 11.7 Å². The van der Waals surface area contributed by atoms with Crippen molar-refractivity contribution in [3.05, 3.63) is 102 Å². The molecule has 0 fully saturated rings. The molecule has 2 heterocycles. The number of hydrogen-bond acceptors (Lipinski definition) is 7. The number of benzene rings is 3. The minimum Gasteiger partial charge on any atom is -0.486 e. The zero-order chi connectivity index (χ0) is 26.2. The number of aromatic nitrogens is 3. The first-order valence-electron chi connectivity index (χ1n) is 12.9. The van der Waals surface area contributed by atoms with Gasteiger partial charge >= 0.3 is 5.91 Å². The van der Waals surface area contributed by atoms with Crippen LogP contribution in [0.2, 0.25) is 0 Å². The summed E-state index contributed by atoms with van der Waals surface area (Å²) in [5.74, 6) is 1.11. The molecule has 0 saturated carbocycles. The molecule has 38 heavy (non-hydrogen) atoms. The van der Waals surface area contributed by atoms with Crippen LogP contribution in [0.3, 0.4) is 0 Å². The van der Waals surface area contributed by atoms with Crippen LogP contribution in [0.1, 0.15) is 38.2 Å². The fourth-order valence-electron chi connectivity index (χ4n) is 4.10. The summed E-state index contributed by atoms with van der Waals surface area (Å²) in [6, 6.07) is 29.0. The van der Waals surface area contributed by atoms with Gasteiger partial charge in [0.25, 0.3) is 5.95 Å². The highest BCUT2D eigenvalue weighted by atomic mass is 16.5. The molecule has 192 valence electrons. The molecular weight excluding hydrogens is 476 g/mol. The maximum atomic E-state index is 13.3. The number of nitrogens with one attached hydrogen (secondary N) is 2. The molecule has 0 atom stereocenters. The molecule has 3 aromatic carbocycles. The van der Waals surface area contributed by atoms with Crippen molar-refractivity contribution in [2.45, 2.75) is 32.6 Å². The number of ether oxygens (including phenoxy) is 1. The van der Waals surface area contributed by atoms with Gasteiger partial charge in [0, 0.05) is 16.7 Å². The first-order valence-corrected chi connectivity index (χ1v) is 12.9. The van der Waals surface area contributed by atoms with Gasteiger partial charge in [-0.25, -0.2) is 10.4 Å². The van der Waals surface area contributed by atoms with Gasteiger partial charge in [-0.3, -0.25) is 10.2 Å². The molecule has 1 amide bonds. The zero-order valence-electron chi connectivity index (χ0n) is 21.3. The summed E-state index contributed by atoms with van der Waals surface area (Å²) < 4.78 is 6.00. The number of rotatable bonds is 10. The Morgan fingerprint density at radius 3 is 1.79 bits per heavy atom. The second kappa shape index (κ2) is 12.0. The van der Waals surface area contributed by atoms with Crippen LogP contribution in [-0.2, 0) is 9.53 Å². The van der Waals surface area contributed by atoms with Gasteiger partial charge in [0.05, 0.1) is 6.61 Å². The summed E-state index contributed by atoms with van der Waals surface area (Å²) in [4.78, 5) is 27.5. The van der Waals surface area contributed by atoms with Gasteiger partial charge < -0.3 is 4.74 Å². The van der Waals surface area contributed by atoms with Gasteiger partial charge in [-0.1, -0.05) is 117 Å². The van der Waals surface area contributed by atoms with Crippen LogP contribution in [0.5, 0.6) is 0 Å². The van der Waals surface area contributed by atoms with E-state index in [1.165, 1.54) is 5.12 Å². The van der Waals surface area contributed by atoms with E-state index in [9.17, 15) is 4.79 Å². The van der Waals surface area contributed by atoms with E-state index in [2.05, 4.69) is 17.8 Å². The van der Waals surface area contributed by atoms with E-state index in [4.69, 9.17) is 19.7 Å². The van der Waals surface area contributed by atoms with E-state index in [1.807, 2.05) is 91.0 Å². The normalized spacial score (nSPS) is 13.2. The van der Waals surface area contributed by atoms with Crippen molar-refractivity contribution < 1.29 is 9.53 Å². The summed E-state index contributed by atoms with van der Waals surface area (Å²) in [5.41, 5.74) is 9.16. The molecule has 1 aliphatic rings. The largest absolute Gasteiger partial charge is 0.486 e. The Bertz CT molecular complexity index is 1340. The van der Waals surface area contributed by atoms with Gasteiger partial charge in [0.2, 0.25) is 5.76 Å². The smallest absolute Gasteiger partial charge is 0.308 e. The molecule has 1 aliphatic heterocycles. The second-order valence-corrected chi connectivity index (χ2v) is 8.88. The zero-order valence-corrected chi connectivity index (χ0v) is 21.3. The van der Waals surface area contributed by atoms with Gasteiger partial charge in [0.15, 0.2) is 11.6 Å². The van der Waals surface area contributed by atoms with E-state index in [0.29, 0.717) is 24.0 Å². The topological polar surface area (TPSA) is 92.3 Å². The molecule has 2 N–H and O–H groups in total. The van der Waals surface area contributed by atoms with Crippen LogP contribution in [0, 0.1) is 0 Å². The molecule has 0 saturated heterocycles. The third kappa shape index (κ3) is 5.81. The molecule has 8 heteroatoms. The Morgan fingerprint density at radius 1 is 0.684 bits per heavy atom. The number of hydrazine groups is 2. The fraction of sp³-hybridized carbons (Fsp3) is 0.200. The molecule has 4 aromatic rings. The number of carbonyl (C=O) groups is 1. The lowest BCUT2D eigenvalue weighted by atomic mass is 10.1. The van der Waals surface area contributed by atoms with Crippen molar-refractivity contribution in [1.29, 1.82) is 0 Å². The highest BCUT2D eigenvalue weighted by Gasteiger charge is 2.30. The number of unbranched alkanes of at least 4 members (excludes halogenated alkanes) is 3. The monoisotopic (exact) mass is 506 g/mol. The van der Waals surface area contributed by atoms with Gasteiger partial charge in [0.1, 0.15) is 5.70 Å². The number of nitrogens with zero attached hydrogens (tertiary/aromatic N) is 4. The lowest BCUT2D eigenvalue weighted by Gasteiger charge is -2.32. The molecule has 0 aliphatic carbocycles. The quantitative estimate of drug-likeness (QED) is 0.273. The standard InChI is InChI=1S/C30H30N6O2/c1-2-3-4-14-21-38-26-25(22-15-8-5-9-16-22)34-36(35-29(26)37)30-32-27(23-17-10-6-11-18-23)31-28(33-30)24-19-12-7-13-20-24/h5-13,15-20,34H,2-4,14,21H2,1H3,(H,35,37). The van der Waals surface area contributed by atoms with E-state index < -0.39 is 0 Å². The summed E-state index contributed by atoms with van der Waals surface area (Å²) in [6.45, 7) is 2.63. The fourth-order valence-corrected chi connectivity index (χ4v) is 4.10. The summed E-state index contributed by atoms with van der Waals surface area (Å²) in [7, 11) is 0. The van der Waals surface area contributed by atoms with Crippen molar-refractivity contribution in [3.8, 4) is 22.8 Å². The van der Waals surface area contributed by atoms with Crippen molar-refractivity contribution >= 4 is 17.6 Å². The first kappa shape index (κ1) is 25.0. The van der Waals surface area contributed by atoms with Crippen LogP contribution >= 0.6 is 0 Å². The van der Waals surface area contributed by atoms with Crippen LogP contribution in [0.4, 0.5) is 5.95 Å². The molecule has 0 unspecified atom stereocenters. The average molecular weight is 507 g/mol. The Morgan fingerprint density at radius 2 is 1.24 bits per heavy atom. The second-order valence-electron chi connectivity index (χ2n) is 8.88. The first-order chi connectivity index (χ1) is 18.7. The minimum atomic E-state index is -0.374. The highest BCUT2D eigenvalue weighted by Crippen LogP contribution is 2.26. The minimum absolute atomic E-state index is 0.240. The molecule has 5 rings (SSSR count). The number of hydrogen-bond donors (Lipinski definition) is 2. The predicted molar refractivity (Wildman–Crippen MR) is 148 cm³/mol. The molecule has 1 aromatic heterocycles. The highest BCUT2D eigenvalue weighted by molar-refractivity contribution is 6.01. The Labute approximate surface area is 222 Å². The lowest BCUT2D eigenvalue weighted by molar-refractivity contribution is -0.121. The van der Waals surface area contributed by atoms with E-state index in [1.54, 1.807) is 0 Å². The van der Waals surface area contributed by atoms with Crippen LogP contribution < -0.4 is 16.0 Å². The van der Waals surface area contributed by atoms with Crippen molar-refractivity contribution in [1.82, 2.24) is 25.8 Å². The lowest BCUT2D eigenvalue weighted by Crippen LogP contribution is -2.56. The Balaban J connectivity index is 1.52. The molecule has 8 nitrogen and oxygen atoms in total. The summed E-state index contributed by atoms with van der Waals surface area (Å²) in [6.07, 6.45) is 4.21. The summed E-state index contributed by atoms with van der Waals surface area (Å²) in [5, 5.41) is 1.43. The number of carbonyl (C=O) groups excluding carboxylic acids is 1. The van der Waals surface area contributed by atoms with Crippen molar-refractivity contribution in [3.63, 3.8) is 0 Å². The van der Waals surface area contributed by atoms with Crippen LogP contribution in [0.15, 0.2) is 96.8 Å². The molecule has 0 radical (unpaired) electrons. The molecule has 0 spiro atoms. The van der Waals surface area contributed by atoms with Gasteiger partial charge in [-0.15, -0.1) is 0 Å². The summed E-state index contributed by atoms with van der Waals surface area (Å²) >= 11 is 0. The number of anilines is 1. The van der Waals surface area contributed by atoms with Gasteiger partial charge in [-0.05, 0) is 6.42 Å². The average Bonchev–Trinajstić information content (AvgIpc) is 2.98. The predicted octanol–water partition coefficient (Wildman–Crippen LogP) is 5.53. The van der Waals surface area contributed by atoms with Crippen LogP contribution in [-0.4, -0.2) is 27.5 Å². The van der Waals surface area contributed by atoms with E-state index >= 15 is 0 Å².